The number of amides is 1. The van der Waals surface area contributed by atoms with Gasteiger partial charge in [-0.05, 0) is 25.0 Å². The third-order valence-corrected chi connectivity index (χ3v) is 3.21. The van der Waals surface area contributed by atoms with Gasteiger partial charge in [0.15, 0.2) is 0 Å². The van der Waals surface area contributed by atoms with E-state index >= 15 is 0 Å². The van der Waals surface area contributed by atoms with E-state index in [0.29, 0.717) is 24.1 Å². The van der Waals surface area contributed by atoms with Gasteiger partial charge in [-0.3, -0.25) is 4.79 Å². The zero-order valence-corrected chi connectivity index (χ0v) is 11.4. The summed E-state index contributed by atoms with van der Waals surface area (Å²) in [5.41, 5.74) is 1.24. The molecule has 0 atom stereocenters. The highest BCUT2D eigenvalue weighted by atomic mass is 16.3. The van der Waals surface area contributed by atoms with E-state index in [1.54, 1.807) is 11.0 Å². The van der Waals surface area contributed by atoms with Crippen LogP contribution < -0.4 is 0 Å². The molecule has 0 heterocycles. The molecular formula is C16H19NO3. The second-order valence-corrected chi connectivity index (χ2v) is 4.77. The van der Waals surface area contributed by atoms with Gasteiger partial charge in [-0.15, -0.1) is 0 Å². The standard InChI is InChI=1S/C16H19NO3/c18-11-4-3-6-13-5-1-2-7-15(13)16(20)17(10-12-19)14-8-9-14/h1-2,5,7,14,18-19H,4,8-12H2. The maximum atomic E-state index is 12.6. The quantitative estimate of drug-likeness (QED) is 0.787. The normalized spacial score (nSPS) is 13.5. The molecule has 1 fully saturated rings. The van der Waals surface area contributed by atoms with Crippen LogP contribution in [0.3, 0.4) is 0 Å². The molecule has 0 aliphatic heterocycles. The van der Waals surface area contributed by atoms with Gasteiger partial charge in [0, 0.05) is 24.6 Å². The van der Waals surface area contributed by atoms with E-state index < -0.39 is 0 Å². The molecule has 4 heteroatoms. The Morgan fingerprint density at radius 1 is 1.25 bits per heavy atom. The van der Waals surface area contributed by atoms with E-state index in [4.69, 9.17) is 10.2 Å². The van der Waals surface area contributed by atoms with Crippen molar-refractivity contribution >= 4 is 5.91 Å². The van der Waals surface area contributed by atoms with Gasteiger partial charge in [0.05, 0.1) is 18.8 Å². The molecule has 0 saturated heterocycles. The van der Waals surface area contributed by atoms with Crippen molar-refractivity contribution in [2.75, 3.05) is 19.8 Å². The maximum absolute atomic E-state index is 12.6. The lowest BCUT2D eigenvalue weighted by Crippen LogP contribution is -2.35. The summed E-state index contributed by atoms with van der Waals surface area (Å²) in [6.07, 6.45) is 2.40. The smallest absolute Gasteiger partial charge is 0.255 e. The lowest BCUT2D eigenvalue weighted by Gasteiger charge is -2.22. The van der Waals surface area contributed by atoms with Crippen LogP contribution in [0.2, 0.25) is 0 Å². The number of carbonyl (C=O) groups excluding carboxylic acids is 1. The molecule has 0 bridgehead atoms. The second kappa shape index (κ2) is 7.09. The van der Waals surface area contributed by atoms with Crippen molar-refractivity contribution in [1.82, 2.24) is 4.90 Å². The van der Waals surface area contributed by atoms with E-state index in [0.717, 1.165) is 12.8 Å². The van der Waals surface area contributed by atoms with Crippen molar-refractivity contribution in [3.8, 4) is 11.8 Å². The molecule has 1 aliphatic carbocycles. The maximum Gasteiger partial charge on any atom is 0.255 e. The molecule has 0 aromatic heterocycles. The molecule has 1 saturated carbocycles. The van der Waals surface area contributed by atoms with Crippen molar-refractivity contribution < 1.29 is 15.0 Å². The monoisotopic (exact) mass is 273 g/mol. The van der Waals surface area contributed by atoms with Crippen LogP contribution in [0.15, 0.2) is 24.3 Å². The molecule has 1 amide bonds. The van der Waals surface area contributed by atoms with Gasteiger partial charge in [0.25, 0.3) is 5.91 Å². The van der Waals surface area contributed by atoms with E-state index in [1.807, 2.05) is 18.2 Å². The molecule has 2 rings (SSSR count). The first-order valence-corrected chi connectivity index (χ1v) is 6.88. The van der Waals surface area contributed by atoms with Gasteiger partial charge in [-0.1, -0.05) is 24.0 Å². The Morgan fingerprint density at radius 2 is 2.00 bits per heavy atom. The molecule has 20 heavy (non-hydrogen) atoms. The van der Waals surface area contributed by atoms with Crippen molar-refractivity contribution in [3.63, 3.8) is 0 Å². The predicted octanol–water partition coefficient (Wildman–Crippen LogP) is 1.02. The second-order valence-electron chi connectivity index (χ2n) is 4.77. The molecule has 1 aromatic rings. The van der Waals surface area contributed by atoms with Crippen molar-refractivity contribution in [1.29, 1.82) is 0 Å². The zero-order valence-electron chi connectivity index (χ0n) is 11.4. The summed E-state index contributed by atoms with van der Waals surface area (Å²) < 4.78 is 0. The average molecular weight is 273 g/mol. The molecule has 2 N–H and O–H groups in total. The van der Waals surface area contributed by atoms with Gasteiger partial charge in [-0.2, -0.15) is 0 Å². The Kier molecular flexibility index (Phi) is 5.16. The van der Waals surface area contributed by atoms with E-state index in [1.165, 1.54) is 0 Å². The van der Waals surface area contributed by atoms with Crippen molar-refractivity contribution in [2.24, 2.45) is 0 Å². The van der Waals surface area contributed by atoms with Gasteiger partial charge in [-0.25, -0.2) is 0 Å². The third kappa shape index (κ3) is 3.60. The fourth-order valence-electron chi connectivity index (χ4n) is 2.09. The van der Waals surface area contributed by atoms with Crippen LogP contribution in [0.1, 0.15) is 35.2 Å². The Hall–Kier alpha value is -1.83. The number of carbonyl (C=O) groups is 1. The largest absolute Gasteiger partial charge is 0.395 e. The van der Waals surface area contributed by atoms with Crippen LogP contribution in [0.5, 0.6) is 0 Å². The van der Waals surface area contributed by atoms with Crippen LogP contribution in [0.4, 0.5) is 0 Å². The lowest BCUT2D eigenvalue weighted by molar-refractivity contribution is 0.0707. The summed E-state index contributed by atoms with van der Waals surface area (Å²) in [6.45, 7) is 0.352. The minimum Gasteiger partial charge on any atom is -0.395 e. The van der Waals surface area contributed by atoms with E-state index in [9.17, 15) is 4.79 Å². The fraction of sp³-hybridized carbons (Fsp3) is 0.438. The highest BCUT2D eigenvalue weighted by molar-refractivity contribution is 5.97. The Bertz CT molecular complexity index is 526. The number of aliphatic hydroxyl groups is 2. The molecule has 1 aliphatic rings. The SMILES string of the molecule is O=C(c1ccccc1C#CCCO)N(CCO)C1CC1. The van der Waals surface area contributed by atoms with Gasteiger partial charge in [0.2, 0.25) is 0 Å². The third-order valence-electron chi connectivity index (χ3n) is 3.21. The molecule has 106 valence electrons. The molecule has 1 aromatic carbocycles. The molecule has 0 spiro atoms. The predicted molar refractivity (Wildman–Crippen MR) is 76.2 cm³/mol. The molecule has 0 radical (unpaired) electrons. The number of benzene rings is 1. The number of aliphatic hydroxyl groups excluding tert-OH is 2. The highest BCUT2D eigenvalue weighted by Gasteiger charge is 2.33. The first-order valence-electron chi connectivity index (χ1n) is 6.88. The van der Waals surface area contributed by atoms with Gasteiger partial charge < -0.3 is 15.1 Å². The van der Waals surface area contributed by atoms with E-state index in [-0.39, 0.29) is 25.2 Å². The summed E-state index contributed by atoms with van der Waals surface area (Å²) in [5.74, 6) is 5.70. The number of rotatable bonds is 5. The van der Waals surface area contributed by atoms with Crippen molar-refractivity contribution in [3.05, 3.63) is 35.4 Å². The molecule has 0 unspecified atom stereocenters. The van der Waals surface area contributed by atoms with Gasteiger partial charge >= 0.3 is 0 Å². The van der Waals surface area contributed by atoms with Crippen LogP contribution in [0.25, 0.3) is 0 Å². The number of hydrogen-bond donors (Lipinski definition) is 2. The minimum atomic E-state index is -0.0737. The minimum absolute atomic E-state index is 0.0157. The van der Waals surface area contributed by atoms with Crippen LogP contribution in [-0.2, 0) is 0 Å². The first kappa shape index (κ1) is 14.6. The zero-order chi connectivity index (χ0) is 14.4. The van der Waals surface area contributed by atoms with E-state index in [2.05, 4.69) is 11.8 Å². The summed E-state index contributed by atoms with van der Waals surface area (Å²) in [7, 11) is 0. The fourth-order valence-corrected chi connectivity index (χ4v) is 2.09. The van der Waals surface area contributed by atoms with Crippen LogP contribution >= 0.6 is 0 Å². The summed E-state index contributed by atoms with van der Waals surface area (Å²) in [6, 6.07) is 7.48. The van der Waals surface area contributed by atoms with Crippen molar-refractivity contribution in [2.45, 2.75) is 25.3 Å². The van der Waals surface area contributed by atoms with Gasteiger partial charge in [0.1, 0.15) is 0 Å². The number of nitrogens with zero attached hydrogens (tertiary/aromatic N) is 1. The molecular weight excluding hydrogens is 254 g/mol. The Balaban J connectivity index is 2.22. The number of hydrogen-bond acceptors (Lipinski definition) is 3. The topological polar surface area (TPSA) is 60.8 Å². The Morgan fingerprint density at radius 3 is 2.65 bits per heavy atom. The highest BCUT2D eigenvalue weighted by Crippen LogP contribution is 2.28. The average Bonchev–Trinajstić information content (AvgIpc) is 3.29. The summed E-state index contributed by atoms with van der Waals surface area (Å²) in [5, 5.41) is 17.9. The first-order chi connectivity index (χ1) is 9.77. The Labute approximate surface area is 119 Å². The van der Waals surface area contributed by atoms with Crippen LogP contribution in [0, 0.1) is 11.8 Å². The molecule has 4 nitrogen and oxygen atoms in total. The summed E-state index contributed by atoms with van der Waals surface area (Å²) >= 11 is 0. The summed E-state index contributed by atoms with van der Waals surface area (Å²) in [4.78, 5) is 14.3. The lowest BCUT2D eigenvalue weighted by atomic mass is 10.1. The van der Waals surface area contributed by atoms with Crippen LogP contribution in [-0.4, -0.2) is 46.8 Å².